The predicted molar refractivity (Wildman–Crippen MR) is 124 cm³/mol. The van der Waals surface area contributed by atoms with Gasteiger partial charge < -0.3 is 10.2 Å². The zero-order chi connectivity index (χ0) is 22.0. The molecule has 2 heterocycles. The average Bonchev–Trinajstić information content (AvgIpc) is 2.78. The standard InChI is InChI=1S/C25H30N4O2/c1-17(2)19-10-12-20(13-11-19)26-21-7-6-14-28(15-21)24(30)16-29-25(31)23-9-5-4-8-22(23)18(3)27-29/h4-5,8-13,17,21,26H,6-7,14-16H2,1-3H3/t21-/m0/s1. The van der Waals surface area contributed by atoms with Crippen molar-refractivity contribution in [1.29, 1.82) is 0 Å². The summed E-state index contributed by atoms with van der Waals surface area (Å²) in [7, 11) is 0. The maximum atomic E-state index is 13.0. The Morgan fingerprint density at radius 3 is 2.55 bits per heavy atom. The van der Waals surface area contributed by atoms with Crippen molar-refractivity contribution >= 4 is 22.4 Å². The number of amides is 1. The molecule has 0 unspecified atom stereocenters. The van der Waals surface area contributed by atoms with Gasteiger partial charge in [-0.1, -0.05) is 44.2 Å². The number of hydrogen-bond acceptors (Lipinski definition) is 4. The number of nitrogens with one attached hydrogen (secondary N) is 1. The van der Waals surface area contributed by atoms with Crippen molar-refractivity contribution in [3.05, 3.63) is 70.1 Å². The Labute approximate surface area is 182 Å². The minimum atomic E-state index is -0.216. The number of piperidine rings is 1. The lowest BCUT2D eigenvalue weighted by Gasteiger charge is -2.34. The van der Waals surface area contributed by atoms with Crippen LogP contribution in [-0.4, -0.2) is 39.7 Å². The molecule has 1 fully saturated rings. The summed E-state index contributed by atoms with van der Waals surface area (Å²) in [5, 5.41) is 9.39. The smallest absolute Gasteiger partial charge is 0.275 e. The van der Waals surface area contributed by atoms with Gasteiger partial charge in [-0.15, -0.1) is 0 Å². The number of hydrogen-bond donors (Lipinski definition) is 1. The number of likely N-dealkylation sites (tertiary alicyclic amines) is 1. The molecule has 0 aliphatic carbocycles. The number of aryl methyl sites for hydroxylation is 1. The van der Waals surface area contributed by atoms with Crippen molar-refractivity contribution in [2.24, 2.45) is 0 Å². The predicted octanol–water partition coefficient (Wildman–Crippen LogP) is 3.93. The molecule has 1 aromatic heterocycles. The second-order valence-corrected chi connectivity index (χ2v) is 8.69. The highest BCUT2D eigenvalue weighted by Gasteiger charge is 2.24. The molecule has 1 aliphatic heterocycles. The highest BCUT2D eigenvalue weighted by Crippen LogP contribution is 2.20. The van der Waals surface area contributed by atoms with Crippen LogP contribution in [0.5, 0.6) is 0 Å². The number of anilines is 1. The molecule has 1 amide bonds. The molecule has 162 valence electrons. The lowest BCUT2D eigenvalue weighted by atomic mass is 10.0. The van der Waals surface area contributed by atoms with E-state index in [9.17, 15) is 9.59 Å². The van der Waals surface area contributed by atoms with Crippen molar-refractivity contribution in [3.63, 3.8) is 0 Å². The molecule has 1 aliphatic rings. The number of nitrogens with zero attached hydrogens (tertiary/aromatic N) is 3. The van der Waals surface area contributed by atoms with Crippen LogP contribution >= 0.6 is 0 Å². The third-order valence-corrected chi connectivity index (χ3v) is 6.06. The number of fused-ring (bicyclic) bond motifs is 1. The summed E-state index contributed by atoms with van der Waals surface area (Å²) in [6, 6.07) is 16.1. The highest BCUT2D eigenvalue weighted by molar-refractivity contribution is 5.83. The lowest BCUT2D eigenvalue weighted by Crippen LogP contribution is -2.47. The van der Waals surface area contributed by atoms with Crippen molar-refractivity contribution < 1.29 is 4.79 Å². The summed E-state index contributed by atoms with van der Waals surface area (Å²) in [6.07, 6.45) is 1.95. The first kappa shape index (κ1) is 21.1. The largest absolute Gasteiger partial charge is 0.381 e. The number of carbonyl (C=O) groups is 1. The average molecular weight is 419 g/mol. The quantitative estimate of drug-likeness (QED) is 0.682. The molecular formula is C25H30N4O2. The topological polar surface area (TPSA) is 67.2 Å². The summed E-state index contributed by atoms with van der Waals surface area (Å²) in [6.45, 7) is 7.56. The van der Waals surface area contributed by atoms with Gasteiger partial charge in [0.05, 0.1) is 11.1 Å². The van der Waals surface area contributed by atoms with E-state index < -0.39 is 0 Å². The van der Waals surface area contributed by atoms with Gasteiger partial charge in [-0.2, -0.15) is 5.10 Å². The van der Waals surface area contributed by atoms with Crippen molar-refractivity contribution in [3.8, 4) is 0 Å². The van der Waals surface area contributed by atoms with Gasteiger partial charge in [0.15, 0.2) is 0 Å². The molecular weight excluding hydrogens is 388 g/mol. The van der Waals surface area contributed by atoms with Crippen LogP contribution in [-0.2, 0) is 11.3 Å². The normalized spacial score (nSPS) is 16.6. The molecule has 1 saturated heterocycles. The molecule has 0 radical (unpaired) electrons. The van der Waals surface area contributed by atoms with Gasteiger partial charge >= 0.3 is 0 Å². The van der Waals surface area contributed by atoms with Crippen LogP contribution in [0.3, 0.4) is 0 Å². The Morgan fingerprint density at radius 2 is 1.84 bits per heavy atom. The Balaban J connectivity index is 1.44. The maximum absolute atomic E-state index is 13.0. The number of aromatic nitrogens is 2. The van der Waals surface area contributed by atoms with E-state index in [0.29, 0.717) is 24.4 Å². The highest BCUT2D eigenvalue weighted by atomic mass is 16.2. The Kier molecular flexibility index (Phi) is 6.07. The minimum Gasteiger partial charge on any atom is -0.381 e. The van der Waals surface area contributed by atoms with E-state index in [4.69, 9.17) is 0 Å². The Hall–Kier alpha value is -3.15. The monoisotopic (exact) mass is 418 g/mol. The number of rotatable bonds is 5. The second-order valence-electron chi connectivity index (χ2n) is 8.69. The van der Waals surface area contributed by atoms with Crippen LogP contribution < -0.4 is 10.9 Å². The van der Waals surface area contributed by atoms with Crippen LogP contribution in [0, 0.1) is 6.92 Å². The van der Waals surface area contributed by atoms with Gasteiger partial charge in [-0.05, 0) is 49.4 Å². The molecule has 6 nitrogen and oxygen atoms in total. The van der Waals surface area contributed by atoms with E-state index in [0.717, 1.165) is 29.6 Å². The lowest BCUT2D eigenvalue weighted by molar-refractivity contribution is -0.133. The fourth-order valence-corrected chi connectivity index (χ4v) is 4.26. The fraction of sp³-hybridized carbons (Fsp3) is 0.400. The van der Waals surface area contributed by atoms with E-state index in [1.165, 1.54) is 10.2 Å². The van der Waals surface area contributed by atoms with Crippen LogP contribution in [0.15, 0.2) is 53.3 Å². The summed E-state index contributed by atoms with van der Waals surface area (Å²) in [5.74, 6) is 0.443. The first-order chi connectivity index (χ1) is 14.9. The Bertz CT molecular complexity index is 1130. The van der Waals surface area contributed by atoms with E-state index in [-0.39, 0.29) is 24.1 Å². The number of benzene rings is 2. The van der Waals surface area contributed by atoms with E-state index in [2.05, 4.69) is 48.5 Å². The van der Waals surface area contributed by atoms with E-state index in [1.54, 1.807) is 6.07 Å². The van der Waals surface area contributed by atoms with Crippen molar-refractivity contribution in [2.75, 3.05) is 18.4 Å². The fourth-order valence-electron chi connectivity index (χ4n) is 4.26. The van der Waals surface area contributed by atoms with E-state index in [1.807, 2.05) is 30.0 Å². The SMILES string of the molecule is Cc1nn(CC(=O)N2CCC[C@H](Nc3ccc(C(C)C)cc3)C2)c(=O)c2ccccc12. The van der Waals surface area contributed by atoms with Gasteiger partial charge in [0.25, 0.3) is 5.56 Å². The van der Waals surface area contributed by atoms with Gasteiger partial charge in [0.2, 0.25) is 5.91 Å². The van der Waals surface area contributed by atoms with Crippen molar-refractivity contribution in [2.45, 2.75) is 52.1 Å². The van der Waals surface area contributed by atoms with Crippen LogP contribution in [0.1, 0.15) is 43.9 Å². The van der Waals surface area contributed by atoms with Crippen LogP contribution in [0.4, 0.5) is 5.69 Å². The molecule has 4 rings (SSSR count). The summed E-state index contributed by atoms with van der Waals surface area (Å²) in [5.41, 5.74) is 2.93. The molecule has 6 heteroatoms. The third-order valence-electron chi connectivity index (χ3n) is 6.06. The summed E-state index contributed by atoms with van der Waals surface area (Å²) < 4.78 is 1.31. The first-order valence-electron chi connectivity index (χ1n) is 11.0. The molecule has 0 spiro atoms. The maximum Gasteiger partial charge on any atom is 0.275 e. The molecule has 3 aromatic rings. The number of carbonyl (C=O) groups excluding carboxylic acids is 1. The van der Waals surface area contributed by atoms with Crippen LogP contribution in [0.25, 0.3) is 10.8 Å². The van der Waals surface area contributed by atoms with Gasteiger partial charge in [-0.3, -0.25) is 9.59 Å². The molecule has 1 atom stereocenters. The molecule has 1 N–H and O–H groups in total. The van der Waals surface area contributed by atoms with Gasteiger partial charge in [-0.25, -0.2) is 4.68 Å². The molecule has 31 heavy (non-hydrogen) atoms. The van der Waals surface area contributed by atoms with Crippen LogP contribution in [0.2, 0.25) is 0 Å². The van der Waals surface area contributed by atoms with E-state index >= 15 is 0 Å². The van der Waals surface area contributed by atoms with Gasteiger partial charge in [0, 0.05) is 30.2 Å². The Morgan fingerprint density at radius 1 is 1.13 bits per heavy atom. The first-order valence-corrected chi connectivity index (χ1v) is 11.0. The zero-order valence-corrected chi connectivity index (χ0v) is 18.5. The molecule has 0 bridgehead atoms. The summed E-state index contributed by atoms with van der Waals surface area (Å²) >= 11 is 0. The molecule has 2 aromatic carbocycles. The third kappa shape index (κ3) is 4.63. The second kappa shape index (κ2) is 8.92. The zero-order valence-electron chi connectivity index (χ0n) is 18.5. The van der Waals surface area contributed by atoms with Gasteiger partial charge in [0.1, 0.15) is 6.54 Å². The van der Waals surface area contributed by atoms with Crippen molar-refractivity contribution in [1.82, 2.24) is 14.7 Å². The summed E-state index contributed by atoms with van der Waals surface area (Å²) in [4.78, 5) is 27.6. The molecule has 0 saturated carbocycles. The minimum absolute atomic E-state index is 0.0275.